The lowest BCUT2D eigenvalue weighted by atomic mass is 10.2. The molecule has 1 aliphatic rings. The van der Waals surface area contributed by atoms with Gasteiger partial charge in [0.1, 0.15) is 11.5 Å². The largest absolute Gasteiger partial charge is 0.393 e. The number of nitrogens with one attached hydrogen (secondary N) is 1. The van der Waals surface area contributed by atoms with Crippen LogP contribution in [-0.2, 0) is 11.2 Å². The van der Waals surface area contributed by atoms with Gasteiger partial charge in [0.15, 0.2) is 0 Å². The standard InChI is InChI=1S/C19H26N6O3.ClH/c1-3-5-13-11-18(24-9-4-6-15(24)12-28-2)23-19(21-13)22-14-7-8-16(20)17(10-14)25(26)27;/h7-8,10-11,15H,3-6,9,12,20H2,1-2H3,(H,21,22,23);1H/t15-;/m0./s1. The van der Waals surface area contributed by atoms with Gasteiger partial charge in [0, 0.05) is 37.2 Å². The SMILES string of the molecule is CCCc1cc(N2CCC[C@H]2COC)nc(Nc2ccc(N)c([N+](=O)[O-])c2)n1.Cl. The van der Waals surface area contributed by atoms with Crippen LogP contribution in [0, 0.1) is 10.1 Å². The number of hydrogen-bond acceptors (Lipinski definition) is 8. The van der Waals surface area contributed by atoms with Gasteiger partial charge in [-0.2, -0.15) is 4.98 Å². The van der Waals surface area contributed by atoms with Crippen LogP contribution in [-0.4, -0.2) is 41.2 Å². The Hall–Kier alpha value is -2.65. The highest BCUT2D eigenvalue weighted by Crippen LogP contribution is 2.29. The van der Waals surface area contributed by atoms with E-state index in [1.54, 1.807) is 13.2 Å². The molecule has 158 valence electrons. The Kier molecular flexibility index (Phi) is 7.98. The molecule has 29 heavy (non-hydrogen) atoms. The molecule has 0 unspecified atom stereocenters. The van der Waals surface area contributed by atoms with Crippen molar-refractivity contribution in [3.8, 4) is 0 Å². The molecule has 2 heterocycles. The minimum absolute atomic E-state index is 0. The van der Waals surface area contributed by atoms with Gasteiger partial charge in [-0.05, 0) is 31.4 Å². The van der Waals surface area contributed by atoms with E-state index in [4.69, 9.17) is 10.5 Å². The first-order valence-electron chi connectivity index (χ1n) is 9.46. The van der Waals surface area contributed by atoms with Crippen LogP contribution in [0.15, 0.2) is 24.3 Å². The van der Waals surface area contributed by atoms with Gasteiger partial charge in [-0.15, -0.1) is 12.4 Å². The van der Waals surface area contributed by atoms with E-state index in [0.717, 1.165) is 43.7 Å². The smallest absolute Gasteiger partial charge is 0.294 e. The zero-order chi connectivity index (χ0) is 20.1. The van der Waals surface area contributed by atoms with Crippen LogP contribution in [0.2, 0.25) is 0 Å². The average molecular weight is 423 g/mol. The molecule has 1 saturated heterocycles. The van der Waals surface area contributed by atoms with Crippen molar-refractivity contribution < 1.29 is 9.66 Å². The Morgan fingerprint density at radius 2 is 2.17 bits per heavy atom. The summed E-state index contributed by atoms with van der Waals surface area (Å²) in [6.45, 7) is 3.67. The third-order valence-corrected chi connectivity index (χ3v) is 4.79. The molecule has 0 saturated carbocycles. The summed E-state index contributed by atoms with van der Waals surface area (Å²) >= 11 is 0. The van der Waals surface area contributed by atoms with Gasteiger partial charge in [0.25, 0.3) is 5.69 Å². The van der Waals surface area contributed by atoms with Crippen molar-refractivity contribution in [1.82, 2.24) is 9.97 Å². The van der Waals surface area contributed by atoms with Crippen LogP contribution < -0.4 is 16.0 Å². The summed E-state index contributed by atoms with van der Waals surface area (Å²) in [5.41, 5.74) is 7.11. The van der Waals surface area contributed by atoms with Gasteiger partial charge >= 0.3 is 0 Å². The fourth-order valence-corrected chi connectivity index (χ4v) is 3.48. The molecule has 1 aromatic heterocycles. The molecule has 3 N–H and O–H groups in total. The summed E-state index contributed by atoms with van der Waals surface area (Å²) in [6.07, 6.45) is 3.95. The van der Waals surface area contributed by atoms with E-state index in [1.165, 1.54) is 12.1 Å². The third-order valence-electron chi connectivity index (χ3n) is 4.79. The normalized spacial score (nSPS) is 15.8. The lowest BCUT2D eigenvalue weighted by Crippen LogP contribution is -2.33. The van der Waals surface area contributed by atoms with Crippen molar-refractivity contribution in [2.24, 2.45) is 0 Å². The Morgan fingerprint density at radius 3 is 2.86 bits per heavy atom. The quantitative estimate of drug-likeness (QED) is 0.375. The van der Waals surface area contributed by atoms with Crippen LogP contribution in [0.1, 0.15) is 31.9 Å². The number of rotatable bonds is 8. The van der Waals surface area contributed by atoms with Gasteiger partial charge in [-0.3, -0.25) is 10.1 Å². The average Bonchev–Trinajstić information content (AvgIpc) is 3.12. The summed E-state index contributed by atoms with van der Waals surface area (Å²) in [7, 11) is 1.71. The number of aryl methyl sites for hydroxylation is 1. The topological polar surface area (TPSA) is 119 Å². The van der Waals surface area contributed by atoms with Crippen molar-refractivity contribution >= 4 is 41.2 Å². The highest BCUT2D eigenvalue weighted by atomic mass is 35.5. The Morgan fingerprint density at radius 1 is 1.38 bits per heavy atom. The molecule has 3 rings (SSSR count). The van der Waals surface area contributed by atoms with Crippen LogP contribution in [0.25, 0.3) is 0 Å². The molecule has 0 radical (unpaired) electrons. The van der Waals surface area contributed by atoms with Crippen molar-refractivity contribution in [1.29, 1.82) is 0 Å². The summed E-state index contributed by atoms with van der Waals surface area (Å²) < 4.78 is 5.35. The summed E-state index contributed by atoms with van der Waals surface area (Å²) in [5.74, 6) is 1.27. The van der Waals surface area contributed by atoms with Crippen molar-refractivity contribution in [3.05, 3.63) is 40.1 Å². The van der Waals surface area contributed by atoms with Gasteiger partial charge in [0.05, 0.1) is 17.6 Å². The molecule has 0 aliphatic carbocycles. The molecular formula is C19H27ClN6O3. The number of halogens is 1. The monoisotopic (exact) mass is 422 g/mol. The number of hydrogen-bond donors (Lipinski definition) is 2. The van der Waals surface area contributed by atoms with Gasteiger partial charge in [-0.1, -0.05) is 13.3 Å². The minimum atomic E-state index is -0.500. The second-order valence-corrected chi connectivity index (χ2v) is 6.89. The van der Waals surface area contributed by atoms with Gasteiger partial charge in [-0.25, -0.2) is 4.98 Å². The Bertz CT molecular complexity index is 851. The molecule has 10 heteroatoms. The fraction of sp³-hybridized carbons (Fsp3) is 0.474. The molecule has 1 fully saturated rings. The molecule has 9 nitrogen and oxygen atoms in total. The number of methoxy groups -OCH3 is 1. The van der Waals surface area contributed by atoms with E-state index in [-0.39, 0.29) is 23.8 Å². The zero-order valence-electron chi connectivity index (χ0n) is 16.6. The van der Waals surface area contributed by atoms with Crippen LogP contribution in [0.3, 0.4) is 0 Å². The van der Waals surface area contributed by atoms with E-state index < -0.39 is 4.92 Å². The van der Waals surface area contributed by atoms with Gasteiger partial charge < -0.3 is 20.7 Å². The Balaban J connectivity index is 0.00000300. The first kappa shape index (κ1) is 22.6. The number of ether oxygens (including phenoxy) is 1. The van der Waals surface area contributed by atoms with E-state index in [0.29, 0.717) is 24.3 Å². The number of benzene rings is 1. The molecule has 1 aliphatic heterocycles. The highest BCUT2D eigenvalue weighted by molar-refractivity contribution is 5.85. The molecule has 1 aromatic carbocycles. The first-order chi connectivity index (χ1) is 13.5. The number of nitrogens with two attached hydrogens (primary N) is 1. The maximum atomic E-state index is 11.1. The van der Waals surface area contributed by atoms with E-state index >= 15 is 0 Å². The number of aromatic nitrogens is 2. The Labute approximate surface area is 176 Å². The molecule has 0 amide bonds. The maximum Gasteiger partial charge on any atom is 0.294 e. The number of nitrogens with zero attached hydrogens (tertiary/aromatic N) is 4. The summed E-state index contributed by atoms with van der Waals surface area (Å²) in [4.78, 5) is 22.1. The lowest BCUT2D eigenvalue weighted by molar-refractivity contribution is -0.383. The summed E-state index contributed by atoms with van der Waals surface area (Å²) in [6, 6.07) is 6.90. The number of nitro benzene ring substituents is 1. The van der Waals surface area contributed by atoms with Crippen LogP contribution in [0.5, 0.6) is 0 Å². The van der Waals surface area contributed by atoms with E-state index in [1.807, 2.05) is 6.07 Å². The zero-order valence-corrected chi connectivity index (χ0v) is 17.4. The van der Waals surface area contributed by atoms with E-state index in [2.05, 4.69) is 27.1 Å². The fourth-order valence-electron chi connectivity index (χ4n) is 3.48. The number of nitrogen functional groups attached to an aromatic ring is 1. The predicted molar refractivity (Wildman–Crippen MR) is 116 cm³/mol. The number of nitro groups is 1. The highest BCUT2D eigenvalue weighted by Gasteiger charge is 2.26. The maximum absolute atomic E-state index is 11.1. The first-order valence-corrected chi connectivity index (χ1v) is 9.46. The van der Waals surface area contributed by atoms with E-state index in [9.17, 15) is 10.1 Å². The summed E-state index contributed by atoms with van der Waals surface area (Å²) in [5, 5.41) is 14.2. The third kappa shape index (κ3) is 5.45. The lowest BCUT2D eigenvalue weighted by Gasteiger charge is -2.26. The predicted octanol–water partition coefficient (Wildman–Crippen LogP) is 3.70. The molecule has 0 bridgehead atoms. The van der Waals surface area contributed by atoms with Crippen molar-refractivity contribution in [3.63, 3.8) is 0 Å². The second kappa shape index (κ2) is 10.2. The minimum Gasteiger partial charge on any atom is -0.393 e. The van der Waals surface area contributed by atoms with Crippen LogP contribution >= 0.6 is 12.4 Å². The molecular weight excluding hydrogens is 396 g/mol. The van der Waals surface area contributed by atoms with Crippen molar-refractivity contribution in [2.45, 2.75) is 38.6 Å². The van der Waals surface area contributed by atoms with Crippen LogP contribution in [0.4, 0.5) is 28.8 Å². The molecule has 1 atom stereocenters. The van der Waals surface area contributed by atoms with Gasteiger partial charge in [0.2, 0.25) is 5.95 Å². The van der Waals surface area contributed by atoms with Crippen molar-refractivity contribution in [2.75, 3.05) is 36.2 Å². The molecule has 2 aromatic rings. The molecule has 0 spiro atoms. The second-order valence-electron chi connectivity index (χ2n) is 6.89. The number of anilines is 4.